The van der Waals surface area contributed by atoms with Crippen molar-refractivity contribution < 1.29 is 29.0 Å². The van der Waals surface area contributed by atoms with Crippen molar-refractivity contribution in [2.45, 2.75) is 46.1 Å². The van der Waals surface area contributed by atoms with Crippen LogP contribution in [0.3, 0.4) is 0 Å². The Bertz CT molecular complexity index is 1380. The molecule has 1 aliphatic rings. The molecule has 2 heterocycles. The molecule has 1 aliphatic heterocycles. The van der Waals surface area contributed by atoms with Crippen molar-refractivity contribution in [1.29, 1.82) is 0 Å². The minimum Gasteiger partial charge on any atom is -0.507 e. The van der Waals surface area contributed by atoms with Crippen molar-refractivity contribution in [3.8, 4) is 5.75 Å². The van der Waals surface area contributed by atoms with Crippen LogP contribution in [-0.2, 0) is 20.7 Å². The Morgan fingerprint density at radius 1 is 1.08 bits per heavy atom. The lowest BCUT2D eigenvalue weighted by Gasteiger charge is -2.23. The normalized spacial score (nSPS) is 16.6. The van der Waals surface area contributed by atoms with E-state index in [1.807, 2.05) is 31.2 Å². The van der Waals surface area contributed by atoms with E-state index in [1.165, 1.54) is 12.0 Å². The summed E-state index contributed by atoms with van der Waals surface area (Å²) in [5, 5.41) is 11.5. The first-order valence-corrected chi connectivity index (χ1v) is 13.3. The van der Waals surface area contributed by atoms with Crippen LogP contribution in [0.25, 0.3) is 5.76 Å². The number of aliphatic hydroxyl groups excluding tert-OH is 1. The number of ketones is 1. The second kappa shape index (κ2) is 11.6. The number of esters is 1. The van der Waals surface area contributed by atoms with Crippen LogP contribution in [0.1, 0.15) is 64.8 Å². The van der Waals surface area contributed by atoms with Gasteiger partial charge in [-0.25, -0.2) is 9.78 Å². The molecular weight excluding hydrogens is 504 g/mol. The van der Waals surface area contributed by atoms with Gasteiger partial charge in [-0.05, 0) is 55.2 Å². The Morgan fingerprint density at radius 2 is 1.76 bits per heavy atom. The van der Waals surface area contributed by atoms with Gasteiger partial charge in [0.1, 0.15) is 16.4 Å². The lowest BCUT2D eigenvalue weighted by Crippen LogP contribution is -2.29. The van der Waals surface area contributed by atoms with E-state index >= 15 is 0 Å². The number of Topliss-reactive ketones (excluding diaryl/α,β-unsaturated/α-hetero) is 1. The van der Waals surface area contributed by atoms with Crippen LogP contribution in [0.2, 0.25) is 0 Å². The molecule has 2 aromatic carbocycles. The van der Waals surface area contributed by atoms with E-state index in [1.54, 1.807) is 31.2 Å². The minimum atomic E-state index is -0.933. The van der Waals surface area contributed by atoms with Gasteiger partial charge in [0.15, 0.2) is 5.13 Å². The average Bonchev–Trinajstić information content (AvgIpc) is 3.44. The fraction of sp³-hybridized carbons (Fsp3) is 0.310. The van der Waals surface area contributed by atoms with E-state index in [4.69, 9.17) is 9.47 Å². The third-order valence-electron chi connectivity index (χ3n) is 6.40. The van der Waals surface area contributed by atoms with Crippen molar-refractivity contribution in [1.82, 2.24) is 4.98 Å². The van der Waals surface area contributed by atoms with Gasteiger partial charge in [-0.15, -0.1) is 0 Å². The quantitative estimate of drug-likeness (QED) is 0.125. The number of unbranched alkanes of at least 4 members (excludes halogenated alkanes) is 1. The maximum Gasteiger partial charge on any atom is 0.350 e. The number of methoxy groups -OCH3 is 1. The summed E-state index contributed by atoms with van der Waals surface area (Å²) in [5.41, 5.74) is 2.44. The number of aliphatic hydroxyl groups is 1. The first-order valence-electron chi connectivity index (χ1n) is 12.5. The molecule has 0 bridgehead atoms. The molecule has 1 aromatic heterocycles. The first-order chi connectivity index (χ1) is 18.3. The van der Waals surface area contributed by atoms with Crippen molar-refractivity contribution in [3.63, 3.8) is 0 Å². The number of ether oxygens (including phenoxy) is 2. The SMILES string of the molecule is CCCCOc1ccc(C(O)=C2C(=O)C(=O)N(c3nc(C)c(C(=O)OC)s3)C2c2ccc(CC)cc2)cc1. The van der Waals surface area contributed by atoms with Gasteiger partial charge in [0, 0.05) is 5.56 Å². The van der Waals surface area contributed by atoms with Gasteiger partial charge in [0.05, 0.1) is 31.0 Å². The Kier molecular flexibility index (Phi) is 8.26. The molecule has 1 N–H and O–H groups in total. The van der Waals surface area contributed by atoms with Crippen LogP contribution >= 0.6 is 11.3 Å². The van der Waals surface area contributed by atoms with Crippen LogP contribution in [0.15, 0.2) is 54.1 Å². The lowest BCUT2D eigenvalue weighted by atomic mass is 9.94. The smallest absolute Gasteiger partial charge is 0.350 e. The van der Waals surface area contributed by atoms with E-state index in [-0.39, 0.29) is 21.3 Å². The number of carbonyl (C=O) groups is 3. The van der Waals surface area contributed by atoms with Gasteiger partial charge < -0.3 is 14.6 Å². The molecule has 0 aliphatic carbocycles. The monoisotopic (exact) mass is 534 g/mol. The molecule has 198 valence electrons. The number of amides is 1. The van der Waals surface area contributed by atoms with E-state index < -0.39 is 23.7 Å². The number of aryl methyl sites for hydroxylation is 2. The number of hydrogen-bond donors (Lipinski definition) is 1. The zero-order valence-electron chi connectivity index (χ0n) is 21.8. The summed E-state index contributed by atoms with van der Waals surface area (Å²) in [5.74, 6) is -1.88. The Morgan fingerprint density at radius 3 is 2.37 bits per heavy atom. The predicted molar refractivity (Wildman–Crippen MR) is 146 cm³/mol. The van der Waals surface area contributed by atoms with Crippen molar-refractivity contribution in [3.05, 3.63) is 81.4 Å². The molecule has 0 saturated carbocycles. The van der Waals surface area contributed by atoms with E-state index in [0.717, 1.165) is 36.2 Å². The molecular formula is C29H30N2O6S. The average molecular weight is 535 g/mol. The highest BCUT2D eigenvalue weighted by molar-refractivity contribution is 7.17. The molecule has 1 atom stereocenters. The number of hydrogen-bond acceptors (Lipinski definition) is 8. The molecule has 8 nitrogen and oxygen atoms in total. The van der Waals surface area contributed by atoms with Gasteiger partial charge >= 0.3 is 11.9 Å². The number of thiazole rings is 1. The Hall–Kier alpha value is -3.98. The first kappa shape index (κ1) is 27.1. The summed E-state index contributed by atoms with van der Waals surface area (Å²) in [7, 11) is 1.27. The largest absolute Gasteiger partial charge is 0.507 e. The van der Waals surface area contributed by atoms with Gasteiger partial charge in [0.2, 0.25) is 0 Å². The van der Waals surface area contributed by atoms with Gasteiger partial charge in [-0.3, -0.25) is 14.5 Å². The predicted octanol–water partition coefficient (Wildman–Crippen LogP) is 5.61. The number of anilines is 1. The molecule has 0 radical (unpaired) electrons. The number of benzene rings is 2. The lowest BCUT2D eigenvalue weighted by molar-refractivity contribution is -0.132. The molecule has 3 aromatic rings. The molecule has 1 fully saturated rings. The van der Waals surface area contributed by atoms with Crippen LogP contribution in [0.4, 0.5) is 5.13 Å². The topological polar surface area (TPSA) is 106 Å². The van der Waals surface area contributed by atoms with Crippen LogP contribution in [-0.4, -0.2) is 41.5 Å². The zero-order chi connectivity index (χ0) is 27.4. The Labute approximate surface area is 225 Å². The highest BCUT2D eigenvalue weighted by Crippen LogP contribution is 2.44. The van der Waals surface area contributed by atoms with Crippen LogP contribution < -0.4 is 9.64 Å². The third kappa shape index (κ3) is 5.19. The van der Waals surface area contributed by atoms with Gasteiger partial charge in [-0.2, -0.15) is 0 Å². The number of rotatable bonds is 9. The number of nitrogens with zero attached hydrogens (tertiary/aromatic N) is 2. The molecule has 1 amide bonds. The highest BCUT2D eigenvalue weighted by atomic mass is 32.1. The second-order valence-electron chi connectivity index (χ2n) is 8.89. The maximum absolute atomic E-state index is 13.4. The summed E-state index contributed by atoms with van der Waals surface area (Å²) in [6.45, 7) is 6.33. The summed E-state index contributed by atoms with van der Waals surface area (Å²) in [4.78, 5) is 44.9. The highest BCUT2D eigenvalue weighted by Gasteiger charge is 2.48. The van der Waals surface area contributed by atoms with Crippen LogP contribution in [0, 0.1) is 6.92 Å². The van der Waals surface area contributed by atoms with Crippen molar-refractivity contribution in [2.75, 3.05) is 18.6 Å². The van der Waals surface area contributed by atoms with Crippen LogP contribution in [0.5, 0.6) is 5.75 Å². The van der Waals surface area contributed by atoms with Gasteiger partial charge in [-0.1, -0.05) is 55.9 Å². The zero-order valence-corrected chi connectivity index (χ0v) is 22.6. The molecule has 1 unspecified atom stereocenters. The molecule has 9 heteroatoms. The minimum absolute atomic E-state index is 0.0497. The molecule has 0 spiro atoms. The maximum atomic E-state index is 13.4. The molecule has 38 heavy (non-hydrogen) atoms. The van der Waals surface area contributed by atoms with Crippen molar-refractivity contribution in [2.24, 2.45) is 0 Å². The second-order valence-corrected chi connectivity index (χ2v) is 9.87. The summed E-state index contributed by atoms with van der Waals surface area (Å²) >= 11 is 0.969. The number of aromatic nitrogens is 1. The molecule has 4 rings (SSSR count). The standard InChI is InChI=1S/C29H30N2O6S/c1-5-7-16-37-21-14-12-20(13-15-21)24(32)22-23(19-10-8-18(6-2)9-11-19)31(27(34)25(22)33)29-30-17(3)26(38-29)28(35)36-4/h8-15,23,32H,5-7,16H2,1-4H3. The van der Waals surface area contributed by atoms with E-state index in [2.05, 4.69) is 11.9 Å². The van der Waals surface area contributed by atoms with E-state index in [9.17, 15) is 19.5 Å². The fourth-order valence-electron chi connectivity index (χ4n) is 4.25. The Balaban J connectivity index is 1.82. The molecule has 1 saturated heterocycles. The third-order valence-corrected chi connectivity index (χ3v) is 7.54. The van der Waals surface area contributed by atoms with E-state index in [0.29, 0.717) is 29.2 Å². The van der Waals surface area contributed by atoms with Gasteiger partial charge in [0.25, 0.3) is 5.78 Å². The summed E-state index contributed by atoms with van der Waals surface area (Å²) in [6.07, 6.45) is 2.76. The summed E-state index contributed by atoms with van der Waals surface area (Å²) in [6, 6.07) is 13.3. The fourth-order valence-corrected chi connectivity index (χ4v) is 5.26. The summed E-state index contributed by atoms with van der Waals surface area (Å²) < 4.78 is 10.5. The van der Waals surface area contributed by atoms with Crippen molar-refractivity contribution >= 4 is 39.9 Å². The number of carbonyl (C=O) groups excluding carboxylic acids is 3.